The minimum atomic E-state index is -5.20. The lowest BCUT2D eigenvalue weighted by Gasteiger charge is -2.15. The van der Waals surface area contributed by atoms with E-state index in [2.05, 4.69) is 9.60 Å². The molecule has 3 rings (SSSR count). The number of nitrogens with zero attached hydrogens (tertiary/aromatic N) is 1. The van der Waals surface area contributed by atoms with E-state index in [0.717, 1.165) is 30.3 Å². The van der Waals surface area contributed by atoms with Gasteiger partial charge >= 0.3 is 15.2 Å². The molecule has 0 aliphatic rings. The Kier molecular flexibility index (Phi) is 6.74. The van der Waals surface area contributed by atoms with E-state index in [1.165, 1.54) is 0 Å². The highest BCUT2D eigenvalue weighted by atomic mass is 32.2. The van der Waals surface area contributed by atoms with Crippen LogP contribution in [0.25, 0.3) is 10.8 Å². The summed E-state index contributed by atoms with van der Waals surface area (Å²) in [7, 11) is -20.0. The molecule has 0 bridgehead atoms. The Morgan fingerprint density at radius 3 is 1.67 bits per heavy atom. The second kappa shape index (κ2) is 8.92. The summed E-state index contributed by atoms with van der Waals surface area (Å²) in [5.74, 6) is 0. The van der Waals surface area contributed by atoms with Gasteiger partial charge in [-0.05, 0) is 53.9 Å². The third kappa shape index (κ3) is 5.87. The van der Waals surface area contributed by atoms with Crippen molar-refractivity contribution in [1.29, 1.82) is 0 Å². The Morgan fingerprint density at radius 2 is 1.22 bits per heavy atom. The lowest BCUT2D eigenvalue weighted by atomic mass is 10.1. The molecule has 20 heteroatoms. The molecule has 3 aromatic rings. The van der Waals surface area contributed by atoms with E-state index < -0.39 is 81.6 Å². The number of rotatable bonds is 8. The Hall–Kier alpha value is -3.40. The number of benzene rings is 3. The zero-order valence-corrected chi connectivity index (χ0v) is 20.3. The van der Waals surface area contributed by atoms with Crippen LogP contribution in [0.4, 0.5) is 11.4 Å². The molecular weight excluding hydrogens is 572 g/mol. The highest BCUT2D eigenvalue weighted by Crippen LogP contribution is 2.37. The average molecular weight is 585 g/mol. The van der Waals surface area contributed by atoms with Gasteiger partial charge < -0.3 is 5.32 Å². The first-order valence-electron chi connectivity index (χ1n) is 8.79. The van der Waals surface area contributed by atoms with Gasteiger partial charge in [0.25, 0.3) is 30.4 Å². The second-order valence-electron chi connectivity index (χ2n) is 6.82. The maximum Gasteiger partial charge on any atom is 0.334 e. The lowest BCUT2D eigenvalue weighted by Crippen LogP contribution is -2.11. The van der Waals surface area contributed by atoms with E-state index in [9.17, 15) is 57.4 Å². The van der Waals surface area contributed by atoms with E-state index in [4.69, 9.17) is 0 Å². The Bertz CT molecular complexity index is 1830. The fourth-order valence-electron chi connectivity index (χ4n) is 3.01. The molecular formula is C16H12N2O14S4. The van der Waals surface area contributed by atoms with E-state index in [1.807, 2.05) is 0 Å². The maximum absolute atomic E-state index is 12.0. The molecule has 0 saturated heterocycles. The highest BCUT2D eigenvalue weighted by molar-refractivity contribution is 7.87. The monoisotopic (exact) mass is 584 g/mol. The summed E-state index contributed by atoms with van der Waals surface area (Å²) in [6.07, 6.45) is 0. The molecule has 0 aromatic heterocycles. The number of hydrogen-bond acceptors (Lipinski definition) is 12. The highest BCUT2D eigenvalue weighted by Gasteiger charge is 2.25. The van der Waals surface area contributed by atoms with Gasteiger partial charge in [0.05, 0.1) is 14.7 Å². The van der Waals surface area contributed by atoms with Crippen LogP contribution in [0.15, 0.2) is 68.1 Å². The van der Waals surface area contributed by atoms with Crippen molar-refractivity contribution in [2.75, 3.05) is 5.32 Å². The van der Waals surface area contributed by atoms with Gasteiger partial charge in [0.15, 0.2) is 0 Å². The van der Waals surface area contributed by atoms with Gasteiger partial charge in [0, 0.05) is 16.8 Å². The summed E-state index contributed by atoms with van der Waals surface area (Å²) >= 11 is 0. The molecule has 3 aromatic carbocycles. The van der Waals surface area contributed by atoms with E-state index in [1.54, 1.807) is 0 Å². The van der Waals surface area contributed by atoms with Crippen LogP contribution >= 0.6 is 0 Å². The average Bonchev–Trinajstić information content (AvgIpc) is 2.70. The molecule has 0 radical (unpaired) electrons. The van der Waals surface area contributed by atoms with Gasteiger partial charge in [-0.25, -0.2) is 0 Å². The quantitative estimate of drug-likeness (QED) is 0.165. The van der Waals surface area contributed by atoms with Gasteiger partial charge in [0.1, 0.15) is 4.90 Å². The molecule has 0 unspecified atom stereocenters. The molecule has 0 amide bonds. The van der Waals surface area contributed by atoms with Crippen LogP contribution in [0.3, 0.4) is 0 Å². The first kappa shape index (κ1) is 27.2. The van der Waals surface area contributed by atoms with Crippen LogP contribution in [0, 0.1) is 10.1 Å². The fourth-order valence-corrected chi connectivity index (χ4v) is 5.64. The van der Waals surface area contributed by atoms with Gasteiger partial charge in [0.2, 0.25) is 0 Å². The number of hydrogen-bond donors (Lipinski definition) is 4. The van der Waals surface area contributed by atoms with Crippen molar-refractivity contribution in [3.05, 3.63) is 58.6 Å². The molecule has 0 heterocycles. The summed E-state index contributed by atoms with van der Waals surface area (Å²) < 4.78 is 126. The third-order valence-electron chi connectivity index (χ3n) is 4.41. The predicted octanol–water partition coefficient (Wildman–Crippen LogP) is 1.22. The normalized spacial score (nSPS) is 12.9. The van der Waals surface area contributed by atoms with Gasteiger partial charge in [-0.2, -0.15) is 38.0 Å². The summed E-state index contributed by atoms with van der Waals surface area (Å²) in [6, 6.07) is 6.18. The minimum absolute atomic E-state index is 0.0658. The molecule has 0 spiro atoms. The van der Waals surface area contributed by atoms with Gasteiger partial charge in [-0.15, -0.1) is 10.1 Å². The van der Waals surface area contributed by atoms with Crippen molar-refractivity contribution in [2.45, 2.75) is 19.6 Å². The molecule has 0 atom stereocenters. The predicted molar refractivity (Wildman–Crippen MR) is 118 cm³/mol. The summed E-state index contributed by atoms with van der Waals surface area (Å²) in [4.78, 5) is 6.72. The van der Waals surface area contributed by atoms with Gasteiger partial charge in [-0.3, -0.25) is 13.7 Å². The molecule has 4 N–H and O–H groups in total. The van der Waals surface area contributed by atoms with Crippen molar-refractivity contribution in [3.8, 4) is 0 Å². The smallest absolute Gasteiger partial charge is 0.334 e. The van der Waals surface area contributed by atoms with Crippen molar-refractivity contribution in [1.82, 2.24) is 0 Å². The number of fused-ring (bicyclic) bond motifs is 1. The SMILES string of the molecule is O=[N+]([O-])OS(=O)(=O)c1ccc(Nc2cc(S(=O)(=O)O)cc3cc(S(=O)(=O)O)cc(S(=O)(=O)O)c23)cc1. The first-order valence-corrected chi connectivity index (χ1v) is 14.5. The van der Waals surface area contributed by atoms with Crippen LogP contribution < -0.4 is 5.32 Å². The first-order chi connectivity index (χ1) is 16.3. The minimum Gasteiger partial charge on any atom is -0.355 e. The van der Waals surface area contributed by atoms with Crippen LogP contribution in [-0.4, -0.2) is 52.4 Å². The van der Waals surface area contributed by atoms with Gasteiger partial charge in [-0.1, -0.05) is 0 Å². The Labute approximate surface area is 202 Å². The van der Waals surface area contributed by atoms with Crippen LogP contribution in [0.2, 0.25) is 0 Å². The molecule has 0 saturated carbocycles. The van der Waals surface area contributed by atoms with Crippen molar-refractivity contribution < 1.29 is 56.7 Å². The van der Waals surface area contributed by atoms with Crippen molar-refractivity contribution in [3.63, 3.8) is 0 Å². The van der Waals surface area contributed by atoms with Crippen LogP contribution in [0.1, 0.15) is 0 Å². The topological polar surface area (TPSA) is 262 Å². The van der Waals surface area contributed by atoms with Crippen molar-refractivity contribution >= 4 is 62.6 Å². The summed E-state index contributed by atoms with van der Waals surface area (Å²) in [6.45, 7) is 0. The van der Waals surface area contributed by atoms with Crippen molar-refractivity contribution in [2.24, 2.45) is 0 Å². The van der Waals surface area contributed by atoms with E-state index in [-0.39, 0.29) is 5.69 Å². The van der Waals surface area contributed by atoms with E-state index >= 15 is 0 Å². The molecule has 0 aliphatic carbocycles. The molecule has 0 aliphatic heterocycles. The van der Waals surface area contributed by atoms with Crippen LogP contribution in [-0.2, 0) is 44.8 Å². The lowest BCUT2D eigenvalue weighted by molar-refractivity contribution is -0.711. The van der Waals surface area contributed by atoms with Crippen LogP contribution in [0.5, 0.6) is 0 Å². The molecule has 16 nitrogen and oxygen atoms in total. The largest absolute Gasteiger partial charge is 0.355 e. The molecule has 0 fully saturated rings. The van der Waals surface area contributed by atoms with E-state index in [0.29, 0.717) is 18.2 Å². The fraction of sp³-hybridized carbons (Fsp3) is 0. The zero-order chi connectivity index (χ0) is 27.3. The molecule has 194 valence electrons. The summed E-state index contributed by atoms with van der Waals surface area (Å²) in [5.41, 5.74) is -0.504. The maximum atomic E-state index is 12.0. The standard InChI is InChI=1S/C16H12N2O14S4/c19-18(20)32-36(30,31)11-3-1-10(2-4-11)17-14-7-12(33(21,22)23)5-9-6-13(34(24,25)26)8-15(16(9)14)35(27,28)29/h1-8,17H,(H,21,22,23)(H,24,25,26)(H,27,28,29). The molecule has 36 heavy (non-hydrogen) atoms. The number of nitrogens with one attached hydrogen (secondary N) is 1. The third-order valence-corrected chi connectivity index (χ3v) is 8.12. The number of anilines is 2. The second-order valence-corrected chi connectivity index (χ2v) is 12.6. The Morgan fingerprint density at radius 1 is 0.722 bits per heavy atom. The zero-order valence-electron chi connectivity index (χ0n) is 17.0. The Balaban J connectivity index is 2.29. The summed E-state index contributed by atoms with van der Waals surface area (Å²) in [5, 5.41) is 10.3.